The van der Waals surface area contributed by atoms with Crippen LogP contribution in [-0.2, 0) is 17.5 Å². The summed E-state index contributed by atoms with van der Waals surface area (Å²) in [6, 6.07) is 13.9. The van der Waals surface area contributed by atoms with Crippen LogP contribution in [0, 0.1) is 5.82 Å². The molecule has 4 rings (SSSR count). The maximum atomic E-state index is 13.6. The van der Waals surface area contributed by atoms with Crippen LogP contribution >= 0.6 is 0 Å². The van der Waals surface area contributed by atoms with Gasteiger partial charge in [0.2, 0.25) is 0 Å². The van der Waals surface area contributed by atoms with Crippen LogP contribution in [0.15, 0.2) is 60.8 Å². The van der Waals surface area contributed by atoms with Crippen LogP contribution in [0.2, 0.25) is 0 Å². The fraction of sp³-hybridized carbons (Fsp3) is 0.143. The number of rotatable bonds is 4. The zero-order chi connectivity index (χ0) is 20.6. The molecule has 2 aromatic carbocycles. The number of hydrogen-bond acceptors (Lipinski definition) is 4. The van der Waals surface area contributed by atoms with Gasteiger partial charge in [0.15, 0.2) is 18.3 Å². The van der Waals surface area contributed by atoms with Crippen LogP contribution in [-0.4, -0.2) is 17.4 Å². The highest BCUT2D eigenvalue weighted by atomic mass is 19.4. The summed E-state index contributed by atoms with van der Waals surface area (Å²) in [5, 5.41) is 2.98. The van der Waals surface area contributed by atoms with Crippen LogP contribution in [0.25, 0.3) is 11.1 Å². The summed E-state index contributed by atoms with van der Waals surface area (Å²) in [6.45, 7) is 0.409. The summed E-state index contributed by atoms with van der Waals surface area (Å²) < 4.78 is 52.8. The number of aromatic nitrogens is 1. The molecule has 148 valence electrons. The van der Waals surface area contributed by atoms with Crippen molar-refractivity contribution in [2.75, 3.05) is 10.2 Å². The van der Waals surface area contributed by atoms with E-state index in [0.29, 0.717) is 23.6 Å². The van der Waals surface area contributed by atoms with Crippen molar-refractivity contribution in [3.05, 3.63) is 77.7 Å². The topological polar surface area (TPSA) is 45.2 Å². The first kappa shape index (κ1) is 18.9. The number of alkyl halides is 3. The van der Waals surface area contributed by atoms with Crippen LogP contribution in [0.4, 0.5) is 29.1 Å². The van der Waals surface area contributed by atoms with E-state index in [9.17, 15) is 22.4 Å². The van der Waals surface area contributed by atoms with Gasteiger partial charge in [0.1, 0.15) is 5.82 Å². The lowest BCUT2D eigenvalue weighted by Gasteiger charge is -2.23. The molecule has 0 radical (unpaired) electrons. The molecular weight excluding hydrogens is 386 g/mol. The van der Waals surface area contributed by atoms with Gasteiger partial charge < -0.3 is 10.2 Å². The van der Waals surface area contributed by atoms with Crippen LogP contribution in [0.1, 0.15) is 11.1 Å². The summed E-state index contributed by atoms with van der Waals surface area (Å²) >= 11 is 0. The van der Waals surface area contributed by atoms with Gasteiger partial charge in [-0.2, -0.15) is 13.2 Å². The molecule has 1 atom stereocenters. The SMILES string of the molecule is O=CC1Nc2ncc(-c3ccc(F)c(C(F)(F)F)c3)cc2N1Cc1ccccc1. The molecule has 1 N–H and O–H groups in total. The first-order chi connectivity index (χ1) is 13.9. The highest BCUT2D eigenvalue weighted by molar-refractivity contribution is 5.85. The summed E-state index contributed by atoms with van der Waals surface area (Å²) in [6.07, 6.45) is -3.31. The molecule has 4 nitrogen and oxygen atoms in total. The Morgan fingerprint density at radius 3 is 2.52 bits per heavy atom. The third-order valence-corrected chi connectivity index (χ3v) is 4.73. The van der Waals surface area contributed by atoms with Crippen molar-refractivity contribution < 1.29 is 22.4 Å². The predicted octanol–water partition coefficient (Wildman–Crippen LogP) is 4.86. The maximum absolute atomic E-state index is 13.6. The Bertz CT molecular complexity index is 1050. The van der Waals surface area contributed by atoms with E-state index in [0.717, 1.165) is 24.0 Å². The zero-order valence-electron chi connectivity index (χ0n) is 14.9. The number of nitrogens with zero attached hydrogens (tertiary/aromatic N) is 2. The Kier molecular flexibility index (Phi) is 4.70. The average molecular weight is 401 g/mol. The van der Waals surface area contributed by atoms with Crippen molar-refractivity contribution >= 4 is 17.8 Å². The third kappa shape index (κ3) is 3.65. The minimum Gasteiger partial charge on any atom is -0.342 e. The van der Waals surface area contributed by atoms with Gasteiger partial charge >= 0.3 is 6.18 Å². The van der Waals surface area contributed by atoms with E-state index in [2.05, 4.69) is 10.3 Å². The first-order valence-corrected chi connectivity index (χ1v) is 8.76. The van der Waals surface area contributed by atoms with Crippen molar-refractivity contribution in [1.82, 2.24) is 4.98 Å². The normalized spacial score (nSPS) is 15.7. The van der Waals surface area contributed by atoms with Crippen molar-refractivity contribution in [2.24, 2.45) is 0 Å². The number of fused-ring (bicyclic) bond motifs is 1. The van der Waals surface area contributed by atoms with Crippen molar-refractivity contribution in [3.63, 3.8) is 0 Å². The van der Waals surface area contributed by atoms with Crippen LogP contribution < -0.4 is 10.2 Å². The molecule has 1 unspecified atom stereocenters. The van der Waals surface area contributed by atoms with E-state index >= 15 is 0 Å². The Balaban J connectivity index is 1.73. The van der Waals surface area contributed by atoms with Gasteiger partial charge in [-0.15, -0.1) is 0 Å². The van der Waals surface area contributed by atoms with E-state index in [4.69, 9.17) is 0 Å². The second-order valence-corrected chi connectivity index (χ2v) is 6.62. The van der Waals surface area contributed by atoms with Gasteiger partial charge in [0.25, 0.3) is 0 Å². The Morgan fingerprint density at radius 1 is 1.07 bits per heavy atom. The van der Waals surface area contributed by atoms with E-state index < -0.39 is 23.7 Å². The molecule has 0 bridgehead atoms. The number of halogens is 4. The van der Waals surface area contributed by atoms with E-state index in [1.54, 1.807) is 11.0 Å². The molecule has 0 saturated carbocycles. The number of hydrogen-bond donors (Lipinski definition) is 1. The first-order valence-electron chi connectivity index (χ1n) is 8.76. The average Bonchev–Trinajstić information content (AvgIpc) is 3.05. The third-order valence-electron chi connectivity index (χ3n) is 4.73. The second-order valence-electron chi connectivity index (χ2n) is 6.62. The van der Waals surface area contributed by atoms with Gasteiger partial charge in [-0.1, -0.05) is 36.4 Å². The number of nitrogens with one attached hydrogen (secondary N) is 1. The highest BCUT2D eigenvalue weighted by Crippen LogP contribution is 2.38. The maximum Gasteiger partial charge on any atom is 0.419 e. The lowest BCUT2D eigenvalue weighted by atomic mass is 10.0. The smallest absolute Gasteiger partial charge is 0.342 e. The van der Waals surface area contributed by atoms with Crippen molar-refractivity contribution in [2.45, 2.75) is 18.9 Å². The predicted molar refractivity (Wildman–Crippen MR) is 101 cm³/mol. The number of aldehydes is 1. The van der Waals surface area contributed by atoms with Crippen LogP contribution in [0.3, 0.4) is 0 Å². The van der Waals surface area contributed by atoms with Gasteiger partial charge in [-0.3, -0.25) is 4.79 Å². The lowest BCUT2D eigenvalue weighted by Crippen LogP contribution is -2.36. The van der Waals surface area contributed by atoms with Crippen molar-refractivity contribution in [1.29, 1.82) is 0 Å². The molecule has 29 heavy (non-hydrogen) atoms. The summed E-state index contributed by atoms with van der Waals surface area (Å²) in [4.78, 5) is 17.6. The second kappa shape index (κ2) is 7.20. The molecular formula is C21H15F4N3O. The quantitative estimate of drug-likeness (QED) is 0.501. The van der Waals surface area contributed by atoms with Crippen LogP contribution in [0.5, 0.6) is 0 Å². The largest absolute Gasteiger partial charge is 0.419 e. The highest BCUT2D eigenvalue weighted by Gasteiger charge is 2.35. The molecule has 0 aliphatic carbocycles. The number of pyridine rings is 1. The zero-order valence-corrected chi connectivity index (χ0v) is 14.9. The molecule has 3 aromatic rings. The minimum atomic E-state index is -4.80. The number of carbonyl (C=O) groups is 1. The molecule has 1 aromatic heterocycles. The van der Waals surface area contributed by atoms with E-state index in [1.807, 2.05) is 30.3 Å². The fourth-order valence-corrected chi connectivity index (χ4v) is 3.30. The van der Waals surface area contributed by atoms with Gasteiger partial charge in [0.05, 0.1) is 11.3 Å². The van der Waals surface area contributed by atoms with Gasteiger partial charge in [0, 0.05) is 18.3 Å². The van der Waals surface area contributed by atoms with Gasteiger partial charge in [-0.05, 0) is 29.3 Å². The van der Waals surface area contributed by atoms with Crippen molar-refractivity contribution in [3.8, 4) is 11.1 Å². The molecule has 0 spiro atoms. The number of benzene rings is 2. The number of anilines is 2. The van der Waals surface area contributed by atoms with E-state index in [-0.39, 0.29) is 5.56 Å². The standard InChI is InChI=1S/C21H15F4N3O/c22-17-7-6-14(8-16(17)21(23,24)25)15-9-18-20(26-10-15)27-19(12-29)28(18)11-13-4-2-1-3-5-13/h1-10,12,19H,11H2,(H,26,27). The number of carbonyl (C=O) groups excluding carboxylic acids is 1. The molecule has 0 amide bonds. The Morgan fingerprint density at radius 2 is 1.83 bits per heavy atom. The molecule has 8 heteroatoms. The molecule has 0 fully saturated rings. The summed E-state index contributed by atoms with van der Waals surface area (Å²) in [7, 11) is 0. The summed E-state index contributed by atoms with van der Waals surface area (Å²) in [5.41, 5.74) is 0.784. The Labute approximate surface area is 163 Å². The molecule has 1 aliphatic rings. The van der Waals surface area contributed by atoms with E-state index in [1.165, 1.54) is 12.3 Å². The molecule has 0 saturated heterocycles. The summed E-state index contributed by atoms with van der Waals surface area (Å²) in [5.74, 6) is -0.872. The molecule has 1 aliphatic heterocycles. The Hall–Kier alpha value is -3.42. The molecule has 2 heterocycles. The fourth-order valence-electron chi connectivity index (χ4n) is 3.30. The lowest BCUT2D eigenvalue weighted by molar-refractivity contribution is -0.139. The monoisotopic (exact) mass is 401 g/mol. The minimum absolute atomic E-state index is 0.184. The van der Waals surface area contributed by atoms with Gasteiger partial charge in [-0.25, -0.2) is 9.37 Å².